The standard InChI is InChI=1S/C18H21NO6/c1-21-11-6-8-13(15(10-11)23-3)19-18(20)12-7-9-14(22-2)17(25-5)16(12)24-4/h6-10H,1-5H3,(H,19,20). The van der Waals surface area contributed by atoms with Gasteiger partial charge in [0.05, 0.1) is 46.8 Å². The molecule has 134 valence electrons. The van der Waals surface area contributed by atoms with Crippen LogP contribution in [0.5, 0.6) is 28.7 Å². The van der Waals surface area contributed by atoms with E-state index in [-0.39, 0.29) is 11.7 Å². The molecule has 0 spiro atoms. The van der Waals surface area contributed by atoms with Gasteiger partial charge < -0.3 is 29.0 Å². The van der Waals surface area contributed by atoms with Crippen molar-refractivity contribution in [2.24, 2.45) is 0 Å². The third-order valence-corrected chi connectivity index (χ3v) is 3.61. The Morgan fingerprint density at radius 2 is 1.44 bits per heavy atom. The van der Waals surface area contributed by atoms with Crippen LogP contribution in [-0.4, -0.2) is 41.5 Å². The van der Waals surface area contributed by atoms with Crippen LogP contribution in [0.3, 0.4) is 0 Å². The monoisotopic (exact) mass is 347 g/mol. The Morgan fingerprint density at radius 1 is 0.760 bits per heavy atom. The molecule has 0 aromatic heterocycles. The Kier molecular flexibility index (Phi) is 5.94. The summed E-state index contributed by atoms with van der Waals surface area (Å²) < 4.78 is 26.3. The van der Waals surface area contributed by atoms with E-state index in [1.165, 1.54) is 28.4 Å². The predicted molar refractivity (Wildman–Crippen MR) is 93.6 cm³/mol. The van der Waals surface area contributed by atoms with Gasteiger partial charge in [-0.25, -0.2) is 0 Å². The third kappa shape index (κ3) is 3.71. The van der Waals surface area contributed by atoms with Gasteiger partial charge in [-0.1, -0.05) is 0 Å². The zero-order valence-corrected chi connectivity index (χ0v) is 14.8. The molecule has 2 aromatic carbocycles. The molecule has 25 heavy (non-hydrogen) atoms. The first-order valence-corrected chi connectivity index (χ1v) is 7.41. The number of nitrogens with one attached hydrogen (secondary N) is 1. The normalized spacial score (nSPS) is 9.96. The van der Waals surface area contributed by atoms with Gasteiger partial charge in [0.1, 0.15) is 11.5 Å². The molecule has 0 heterocycles. The summed E-state index contributed by atoms with van der Waals surface area (Å²) in [6.07, 6.45) is 0. The molecular formula is C18H21NO6. The van der Waals surface area contributed by atoms with Crippen LogP contribution >= 0.6 is 0 Å². The maximum absolute atomic E-state index is 12.7. The van der Waals surface area contributed by atoms with E-state index in [9.17, 15) is 4.79 Å². The van der Waals surface area contributed by atoms with E-state index in [1.807, 2.05) is 0 Å². The summed E-state index contributed by atoms with van der Waals surface area (Å²) in [6.45, 7) is 0. The summed E-state index contributed by atoms with van der Waals surface area (Å²) in [4.78, 5) is 12.7. The summed E-state index contributed by atoms with van der Waals surface area (Å²) in [7, 11) is 7.53. The molecule has 0 bridgehead atoms. The van der Waals surface area contributed by atoms with E-state index >= 15 is 0 Å². The first kappa shape index (κ1) is 18.3. The van der Waals surface area contributed by atoms with Crippen LogP contribution < -0.4 is 29.0 Å². The van der Waals surface area contributed by atoms with Crippen molar-refractivity contribution in [1.82, 2.24) is 0 Å². The summed E-state index contributed by atoms with van der Waals surface area (Å²) in [6, 6.07) is 8.35. The van der Waals surface area contributed by atoms with Crippen molar-refractivity contribution < 1.29 is 28.5 Å². The fourth-order valence-corrected chi connectivity index (χ4v) is 2.37. The van der Waals surface area contributed by atoms with Crippen molar-refractivity contribution in [3.63, 3.8) is 0 Å². The molecule has 1 amide bonds. The highest BCUT2D eigenvalue weighted by Crippen LogP contribution is 2.40. The maximum atomic E-state index is 12.7. The van der Waals surface area contributed by atoms with Crippen LogP contribution in [0.2, 0.25) is 0 Å². The number of carbonyl (C=O) groups is 1. The molecule has 2 rings (SSSR count). The number of rotatable bonds is 7. The minimum Gasteiger partial charge on any atom is -0.497 e. The Balaban J connectivity index is 2.39. The largest absolute Gasteiger partial charge is 0.497 e. The molecule has 1 N–H and O–H groups in total. The Labute approximate surface area is 146 Å². The van der Waals surface area contributed by atoms with E-state index < -0.39 is 0 Å². The predicted octanol–water partition coefficient (Wildman–Crippen LogP) is 2.98. The van der Waals surface area contributed by atoms with Crippen molar-refractivity contribution in [2.75, 3.05) is 40.9 Å². The van der Waals surface area contributed by atoms with Crippen molar-refractivity contribution in [3.8, 4) is 28.7 Å². The summed E-state index contributed by atoms with van der Waals surface area (Å²) in [5, 5.41) is 2.80. The fourth-order valence-electron chi connectivity index (χ4n) is 2.37. The van der Waals surface area contributed by atoms with Gasteiger partial charge in [-0.3, -0.25) is 4.79 Å². The van der Waals surface area contributed by atoms with Crippen LogP contribution in [0.4, 0.5) is 5.69 Å². The van der Waals surface area contributed by atoms with Crippen LogP contribution in [-0.2, 0) is 0 Å². The minimum absolute atomic E-state index is 0.284. The molecule has 0 aliphatic carbocycles. The molecule has 0 unspecified atom stereocenters. The molecule has 0 aliphatic rings. The van der Waals surface area contributed by atoms with E-state index in [0.717, 1.165) is 0 Å². The number of hydrogen-bond acceptors (Lipinski definition) is 6. The van der Waals surface area contributed by atoms with Gasteiger partial charge in [0, 0.05) is 6.07 Å². The fraction of sp³-hybridized carbons (Fsp3) is 0.278. The lowest BCUT2D eigenvalue weighted by Crippen LogP contribution is -2.14. The number of benzene rings is 2. The number of anilines is 1. The Morgan fingerprint density at radius 3 is 2.00 bits per heavy atom. The number of ether oxygens (including phenoxy) is 5. The van der Waals surface area contributed by atoms with Gasteiger partial charge in [0.15, 0.2) is 11.5 Å². The van der Waals surface area contributed by atoms with Crippen molar-refractivity contribution in [1.29, 1.82) is 0 Å². The van der Waals surface area contributed by atoms with Crippen molar-refractivity contribution >= 4 is 11.6 Å². The molecule has 0 aliphatic heterocycles. The second kappa shape index (κ2) is 8.14. The SMILES string of the molecule is COc1ccc(NC(=O)c2ccc(OC)c(OC)c2OC)c(OC)c1. The highest BCUT2D eigenvalue weighted by atomic mass is 16.5. The molecule has 7 nitrogen and oxygen atoms in total. The van der Waals surface area contributed by atoms with Crippen molar-refractivity contribution in [2.45, 2.75) is 0 Å². The molecule has 0 atom stereocenters. The van der Waals surface area contributed by atoms with E-state index in [0.29, 0.717) is 34.2 Å². The summed E-state index contributed by atoms with van der Waals surface area (Å²) in [5.41, 5.74) is 0.808. The van der Waals surface area contributed by atoms with E-state index in [2.05, 4.69) is 5.32 Å². The van der Waals surface area contributed by atoms with Crippen LogP contribution in [0.15, 0.2) is 30.3 Å². The summed E-state index contributed by atoms with van der Waals surface area (Å²) in [5.74, 6) is 1.83. The zero-order valence-electron chi connectivity index (χ0n) is 14.8. The van der Waals surface area contributed by atoms with Gasteiger partial charge in [-0.05, 0) is 24.3 Å². The molecule has 0 saturated heterocycles. The number of methoxy groups -OCH3 is 5. The Bertz CT molecular complexity index is 759. The number of amides is 1. The molecule has 7 heteroatoms. The zero-order chi connectivity index (χ0) is 18.4. The highest BCUT2D eigenvalue weighted by molar-refractivity contribution is 6.07. The summed E-state index contributed by atoms with van der Waals surface area (Å²) >= 11 is 0. The average Bonchev–Trinajstić information content (AvgIpc) is 2.66. The second-order valence-electron chi connectivity index (χ2n) is 4.90. The number of carbonyl (C=O) groups excluding carboxylic acids is 1. The van der Waals surface area contributed by atoms with Crippen LogP contribution in [0.25, 0.3) is 0 Å². The van der Waals surface area contributed by atoms with E-state index in [1.54, 1.807) is 37.4 Å². The topological polar surface area (TPSA) is 75.3 Å². The first-order chi connectivity index (χ1) is 12.1. The maximum Gasteiger partial charge on any atom is 0.259 e. The van der Waals surface area contributed by atoms with Crippen LogP contribution in [0.1, 0.15) is 10.4 Å². The van der Waals surface area contributed by atoms with Gasteiger partial charge in [0.2, 0.25) is 5.75 Å². The van der Waals surface area contributed by atoms with Gasteiger partial charge in [-0.15, -0.1) is 0 Å². The van der Waals surface area contributed by atoms with Crippen LogP contribution in [0, 0.1) is 0 Å². The van der Waals surface area contributed by atoms with Gasteiger partial charge in [0.25, 0.3) is 5.91 Å². The molecule has 0 radical (unpaired) electrons. The van der Waals surface area contributed by atoms with Crippen molar-refractivity contribution in [3.05, 3.63) is 35.9 Å². The molecular weight excluding hydrogens is 326 g/mol. The Hall–Kier alpha value is -3.09. The molecule has 0 saturated carbocycles. The van der Waals surface area contributed by atoms with E-state index in [4.69, 9.17) is 23.7 Å². The number of hydrogen-bond donors (Lipinski definition) is 1. The lowest BCUT2D eigenvalue weighted by atomic mass is 10.1. The first-order valence-electron chi connectivity index (χ1n) is 7.41. The highest BCUT2D eigenvalue weighted by Gasteiger charge is 2.21. The van der Waals surface area contributed by atoms with Gasteiger partial charge in [-0.2, -0.15) is 0 Å². The minimum atomic E-state index is -0.374. The second-order valence-corrected chi connectivity index (χ2v) is 4.90. The quantitative estimate of drug-likeness (QED) is 0.830. The molecule has 2 aromatic rings. The smallest absolute Gasteiger partial charge is 0.259 e. The molecule has 0 fully saturated rings. The van der Waals surface area contributed by atoms with Gasteiger partial charge >= 0.3 is 0 Å². The lowest BCUT2D eigenvalue weighted by Gasteiger charge is -2.16. The average molecular weight is 347 g/mol. The third-order valence-electron chi connectivity index (χ3n) is 3.61. The lowest BCUT2D eigenvalue weighted by molar-refractivity contribution is 0.102.